The lowest BCUT2D eigenvalue weighted by molar-refractivity contribution is -0.126. The lowest BCUT2D eigenvalue weighted by Gasteiger charge is -2.45. The highest BCUT2D eigenvalue weighted by Gasteiger charge is 2.48. The third-order valence-electron chi connectivity index (χ3n) is 6.89. The molecule has 0 atom stereocenters. The summed E-state index contributed by atoms with van der Waals surface area (Å²) in [6, 6.07) is 9.45. The van der Waals surface area contributed by atoms with Gasteiger partial charge in [-0.05, 0) is 54.2 Å². The number of benzene rings is 1. The Labute approximate surface area is 200 Å². The molecule has 0 amide bonds. The first kappa shape index (κ1) is 23.5. The number of hydrogen-bond acceptors (Lipinski definition) is 6. The minimum Gasteiger partial charge on any atom is -0.355 e. The van der Waals surface area contributed by atoms with E-state index in [2.05, 4.69) is 14.9 Å². The van der Waals surface area contributed by atoms with E-state index in [4.69, 9.17) is 0 Å². The van der Waals surface area contributed by atoms with Crippen molar-refractivity contribution in [2.45, 2.75) is 44.0 Å². The highest BCUT2D eigenvalue weighted by Crippen LogP contribution is 2.53. The minimum absolute atomic E-state index is 0.0633. The molecule has 1 spiro atoms. The van der Waals surface area contributed by atoms with Gasteiger partial charge in [0.15, 0.2) is 9.84 Å². The van der Waals surface area contributed by atoms with E-state index in [1.807, 2.05) is 24.3 Å². The molecule has 2 aliphatic rings. The van der Waals surface area contributed by atoms with Crippen molar-refractivity contribution in [3.05, 3.63) is 52.7 Å². The molecule has 0 bridgehead atoms. The Morgan fingerprint density at radius 2 is 1.85 bits per heavy atom. The molecule has 0 N–H and O–H groups in total. The molecule has 1 saturated carbocycles. The first-order chi connectivity index (χ1) is 16.0. The molecule has 10 heteroatoms. The lowest BCUT2D eigenvalue weighted by Crippen LogP contribution is -2.40. The summed E-state index contributed by atoms with van der Waals surface area (Å²) >= 11 is 1.09. The minimum atomic E-state index is -4.23. The Kier molecular flexibility index (Phi) is 5.87. The summed E-state index contributed by atoms with van der Waals surface area (Å²) in [4.78, 5) is 11.7. The topological polar surface area (TPSA) is 63.2 Å². The Bertz CT molecular complexity index is 1300. The van der Waals surface area contributed by atoms with Gasteiger partial charge in [0.05, 0.1) is 17.6 Å². The van der Waals surface area contributed by atoms with Crippen molar-refractivity contribution < 1.29 is 21.6 Å². The Morgan fingerprint density at radius 1 is 1.15 bits per heavy atom. The first-order valence-corrected chi connectivity index (χ1v) is 14.2. The van der Waals surface area contributed by atoms with Gasteiger partial charge in [-0.1, -0.05) is 24.3 Å². The van der Waals surface area contributed by atoms with Crippen LogP contribution in [0.5, 0.6) is 0 Å². The van der Waals surface area contributed by atoms with E-state index in [1.54, 1.807) is 6.07 Å². The predicted molar refractivity (Wildman–Crippen MR) is 128 cm³/mol. The summed E-state index contributed by atoms with van der Waals surface area (Å²) in [6.07, 6.45) is 1.79. The molecular formula is C24H26F3N3O2S2. The van der Waals surface area contributed by atoms with Gasteiger partial charge < -0.3 is 4.90 Å². The van der Waals surface area contributed by atoms with Gasteiger partial charge in [0.25, 0.3) is 0 Å². The molecule has 5 rings (SSSR count). The molecule has 5 nitrogen and oxygen atoms in total. The summed E-state index contributed by atoms with van der Waals surface area (Å²) in [5.41, 5.74) is 2.27. The van der Waals surface area contributed by atoms with Crippen molar-refractivity contribution in [3.63, 3.8) is 0 Å². The van der Waals surface area contributed by atoms with Crippen LogP contribution >= 0.6 is 11.3 Å². The molecule has 2 fully saturated rings. The van der Waals surface area contributed by atoms with Crippen LogP contribution < -0.4 is 4.90 Å². The van der Waals surface area contributed by atoms with E-state index in [1.165, 1.54) is 18.1 Å². The lowest BCUT2D eigenvalue weighted by atomic mass is 9.60. The number of fused-ring (bicyclic) bond motifs is 1. The van der Waals surface area contributed by atoms with Crippen LogP contribution in [0.15, 0.2) is 36.7 Å². The van der Waals surface area contributed by atoms with E-state index in [0.717, 1.165) is 61.5 Å². The van der Waals surface area contributed by atoms with Crippen LogP contribution in [0.25, 0.3) is 10.2 Å². The summed E-state index contributed by atoms with van der Waals surface area (Å²) in [5, 5.41) is 0.717. The number of hydrogen-bond donors (Lipinski definition) is 0. The van der Waals surface area contributed by atoms with Crippen LogP contribution in [-0.2, 0) is 28.4 Å². The van der Waals surface area contributed by atoms with E-state index in [0.29, 0.717) is 16.1 Å². The zero-order valence-corrected chi connectivity index (χ0v) is 20.4. The van der Waals surface area contributed by atoms with Crippen LogP contribution in [0.1, 0.15) is 35.3 Å². The molecule has 1 aromatic carbocycles. The van der Waals surface area contributed by atoms with Gasteiger partial charge in [0, 0.05) is 24.2 Å². The van der Waals surface area contributed by atoms with Gasteiger partial charge in [-0.15, -0.1) is 11.3 Å². The highest BCUT2D eigenvalue weighted by molar-refractivity contribution is 7.89. The van der Waals surface area contributed by atoms with E-state index >= 15 is 0 Å². The average molecular weight is 510 g/mol. The second kappa shape index (κ2) is 8.48. The third kappa shape index (κ3) is 5.22. The van der Waals surface area contributed by atoms with Crippen molar-refractivity contribution in [1.82, 2.24) is 9.97 Å². The second-order valence-electron chi connectivity index (χ2n) is 9.96. The van der Waals surface area contributed by atoms with Crippen molar-refractivity contribution in [2.75, 3.05) is 24.2 Å². The summed E-state index contributed by atoms with van der Waals surface area (Å²) in [5.74, 6) is 1.40. The second-order valence-corrected chi connectivity index (χ2v) is 13.2. The van der Waals surface area contributed by atoms with Gasteiger partial charge in [0.2, 0.25) is 0 Å². The predicted octanol–water partition coefficient (Wildman–Crippen LogP) is 5.19. The summed E-state index contributed by atoms with van der Waals surface area (Å²) in [7, 11) is -3.03. The fraction of sp³-hybridized carbons (Fsp3) is 0.500. The zero-order chi connectivity index (χ0) is 24.1. The normalized spacial score (nSPS) is 23.1. The van der Waals surface area contributed by atoms with Crippen molar-refractivity contribution in [1.29, 1.82) is 0 Å². The molecule has 3 heterocycles. The van der Waals surface area contributed by atoms with E-state index in [-0.39, 0.29) is 16.0 Å². The Balaban J connectivity index is 1.21. The van der Waals surface area contributed by atoms with Gasteiger partial charge in [-0.2, -0.15) is 13.2 Å². The quantitative estimate of drug-likeness (QED) is 0.458. The maximum absolute atomic E-state index is 12.8. The maximum Gasteiger partial charge on any atom is 0.393 e. The van der Waals surface area contributed by atoms with Gasteiger partial charge in [0.1, 0.15) is 17.0 Å². The average Bonchev–Trinajstić information content (AvgIpc) is 3.30. The van der Waals surface area contributed by atoms with Gasteiger partial charge in [-0.3, -0.25) is 0 Å². The standard InChI is InChI=1S/C24H26F3N3O2S2/c1-34(31,32)13-17-4-2-16(3-5-17)8-18-10-23(11-18)6-7-30(14-23)21-20-9-19(12-24(25,26)27)33-22(20)29-15-28-21/h2-5,9,15,18H,6-8,10-14H2,1H3. The molecule has 182 valence electrons. The first-order valence-electron chi connectivity index (χ1n) is 11.3. The van der Waals surface area contributed by atoms with Crippen molar-refractivity contribution >= 4 is 37.2 Å². The zero-order valence-electron chi connectivity index (χ0n) is 18.8. The SMILES string of the molecule is CS(=O)(=O)Cc1ccc(CC2CC3(CCN(c4ncnc5sc(CC(F)(F)F)cc45)C3)C2)cc1. The van der Waals surface area contributed by atoms with Crippen LogP contribution in [-0.4, -0.2) is 43.9 Å². The molecule has 1 aliphatic carbocycles. The highest BCUT2D eigenvalue weighted by atomic mass is 32.2. The Morgan fingerprint density at radius 3 is 2.53 bits per heavy atom. The number of aromatic nitrogens is 2. The number of nitrogens with zero attached hydrogens (tertiary/aromatic N) is 3. The van der Waals surface area contributed by atoms with Crippen LogP contribution in [0.4, 0.5) is 19.0 Å². The number of rotatable bonds is 6. The van der Waals surface area contributed by atoms with E-state index < -0.39 is 22.4 Å². The Hall–Kier alpha value is -2.20. The molecule has 1 aliphatic heterocycles. The van der Waals surface area contributed by atoms with Crippen molar-refractivity contribution in [3.8, 4) is 0 Å². The molecule has 1 saturated heterocycles. The number of halogens is 3. The number of alkyl halides is 3. The fourth-order valence-electron chi connectivity index (χ4n) is 5.60. The molecule has 34 heavy (non-hydrogen) atoms. The van der Waals surface area contributed by atoms with E-state index in [9.17, 15) is 21.6 Å². The number of sulfone groups is 1. The van der Waals surface area contributed by atoms with Crippen molar-refractivity contribution in [2.24, 2.45) is 11.3 Å². The molecule has 3 aromatic rings. The van der Waals surface area contributed by atoms with Crippen LogP contribution in [0, 0.1) is 11.3 Å². The van der Waals surface area contributed by atoms with Crippen LogP contribution in [0.3, 0.4) is 0 Å². The molecule has 2 aromatic heterocycles. The number of anilines is 1. The number of thiophene rings is 1. The molecule has 0 unspecified atom stereocenters. The molecule has 0 radical (unpaired) electrons. The summed E-state index contributed by atoms with van der Waals surface area (Å²) in [6.45, 7) is 1.72. The van der Waals surface area contributed by atoms with Crippen LogP contribution in [0.2, 0.25) is 0 Å². The maximum atomic E-state index is 12.8. The monoisotopic (exact) mass is 509 g/mol. The van der Waals surface area contributed by atoms with Gasteiger partial charge >= 0.3 is 6.18 Å². The van der Waals surface area contributed by atoms with Gasteiger partial charge in [-0.25, -0.2) is 18.4 Å². The fourth-order valence-corrected chi connectivity index (χ4v) is 7.41. The summed E-state index contributed by atoms with van der Waals surface area (Å²) < 4.78 is 61.4. The largest absolute Gasteiger partial charge is 0.393 e. The third-order valence-corrected chi connectivity index (χ3v) is 8.79. The smallest absolute Gasteiger partial charge is 0.355 e. The molecular weight excluding hydrogens is 483 g/mol.